The molecule has 5 nitrogen and oxygen atoms in total. The van der Waals surface area contributed by atoms with Crippen molar-refractivity contribution in [3.8, 4) is 0 Å². The van der Waals surface area contributed by atoms with Crippen LogP contribution in [0.5, 0.6) is 0 Å². The zero-order chi connectivity index (χ0) is 21.6. The van der Waals surface area contributed by atoms with Crippen LogP contribution in [0.15, 0.2) is 72.8 Å². The van der Waals surface area contributed by atoms with Gasteiger partial charge in [0, 0.05) is 43.0 Å². The Hall–Kier alpha value is -3.44. The second-order valence-electron chi connectivity index (χ2n) is 7.90. The molecule has 2 amide bonds. The van der Waals surface area contributed by atoms with E-state index in [9.17, 15) is 9.59 Å². The predicted octanol–water partition coefficient (Wildman–Crippen LogP) is 4.04. The standard InChI is InChI=1S/C26H27N3O2/c1-19-11-12-22(17-24(19)28-26(31)21-8-3-2-4-9-21)25(30)27-14-16-29-15-13-20-7-5-6-10-23(20)18-29/h2-12,17H,13-16,18H2,1H3,(H,27,30)(H,28,31). The lowest BCUT2D eigenvalue weighted by molar-refractivity contribution is 0.0946. The molecule has 1 heterocycles. The van der Waals surface area contributed by atoms with E-state index < -0.39 is 0 Å². The molecule has 0 saturated carbocycles. The van der Waals surface area contributed by atoms with Crippen LogP contribution in [0.2, 0.25) is 0 Å². The zero-order valence-electron chi connectivity index (χ0n) is 17.7. The van der Waals surface area contributed by atoms with Crippen LogP contribution >= 0.6 is 0 Å². The maximum atomic E-state index is 12.7. The van der Waals surface area contributed by atoms with Gasteiger partial charge in [-0.2, -0.15) is 0 Å². The Kier molecular flexibility index (Phi) is 6.43. The van der Waals surface area contributed by atoms with Crippen LogP contribution in [-0.4, -0.2) is 36.3 Å². The minimum atomic E-state index is -0.188. The molecule has 31 heavy (non-hydrogen) atoms. The van der Waals surface area contributed by atoms with E-state index in [0.717, 1.165) is 31.6 Å². The van der Waals surface area contributed by atoms with Gasteiger partial charge in [0.25, 0.3) is 11.8 Å². The highest BCUT2D eigenvalue weighted by atomic mass is 16.2. The average molecular weight is 414 g/mol. The first kappa shape index (κ1) is 20.8. The van der Waals surface area contributed by atoms with Gasteiger partial charge in [-0.25, -0.2) is 0 Å². The second-order valence-corrected chi connectivity index (χ2v) is 7.90. The summed E-state index contributed by atoms with van der Waals surface area (Å²) in [5.41, 5.74) is 5.48. The number of nitrogens with one attached hydrogen (secondary N) is 2. The lowest BCUT2D eigenvalue weighted by Crippen LogP contribution is -2.37. The lowest BCUT2D eigenvalue weighted by atomic mass is 10.00. The molecule has 3 aromatic carbocycles. The van der Waals surface area contributed by atoms with Crippen LogP contribution in [-0.2, 0) is 13.0 Å². The molecular weight excluding hydrogens is 386 g/mol. The summed E-state index contributed by atoms with van der Waals surface area (Å²) in [6.45, 7) is 5.24. The second kappa shape index (κ2) is 9.58. The average Bonchev–Trinajstić information content (AvgIpc) is 2.81. The Labute approximate surface area is 183 Å². The Morgan fingerprint density at radius 1 is 0.871 bits per heavy atom. The monoisotopic (exact) mass is 413 g/mol. The molecule has 3 aromatic rings. The van der Waals surface area contributed by atoms with Crippen molar-refractivity contribution < 1.29 is 9.59 Å². The van der Waals surface area contributed by atoms with Gasteiger partial charge >= 0.3 is 0 Å². The molecule has 5 heteroatoms. The van der Waals surface area contributed by atoms with Gasteiger partial charge in [-0.15, -0.1) is 0 Å². The van der Waals surface area contributed by atoms with Crippen molar-refractivity contribution in [2.75, 3.05) is 25.0 Å². The van der Waals surface area contributed by atoms with Gasteiger partial charge in [-0.3, -0.25) is 14.5 Å². The minimum Gasteiger partial charge on any atom is -0.351 e. The molecular formula is C26H27N3O2. The van der Waals surface area contributed by atoms with E-state index in [4.69, 9.17) is 0 Å². The Bertz CT molecular complexity index is 1080. The molecule has 0 radical (unpaired) electrons. The number of nitrogens with zero attached hydrogens (tertiary/aromatic N) is 1. The maximum absolute atomic E-state index is 12.7. The number of hydrogen-bond acceptors (Lipinski definition) is 3. The number of aryl methyl sites for hydroxylation is 1. The van der Waals surface area contributed by atoms with E-state index in [1.54, 1.807) is 24.3 Å². The topological polar surface area (TPSA) is 61.4 Å². The fourth-order valence-corrected chi connectivity index (χ4v) is 3.86. The van der Waals surface area contributed by atoms with Gasteiger partial charge in [-0.05, 0) is 54.3 Å². The number of amides is 2. The van der Waals surface area contributed by atoms with Gasteiger partial charge in [0.1, 0.15) is 0 Å². The van der Waals surface area contributed by atoms with E-state index in [1.165, 1.54) is 11.1 Å². The number of rotatable bonds is 6. The van der Waals surface area contributed by atoms with Crippen LogP contribution < -0.4 is 10.6 Å². The fourth-order valence-electron chi connectivity index (χ4n) is 3.86. The maximum Gasteiger partial charge on any atom is 0.255 e. The van der Waals surface area contributed by atoms with Crippen molar-refractivity contribution in [2.45, 2.75) is 19.9 Å². The summed E-state index contributed by atoms with van der Waals surface area (Å²) in [4.78, 5) is 27.5. The lowest BCUT2D eigenvalue weighted by Gasteiger charge is -2.28. The van der Waals surface area contributed by atoms with E-state index in [1.807, 2.05) is 31.2 Å². The van der Waals surface area contributed by atoms with Gasteiger partial charge in [-0.1, -0.05) is 48.5 Å². The third-order valence-electron chi connectivity index (χ3n) is 5.71. The summed E-state index contributed by atoms with van der Waals surface area (Å²) in [7, 11) is 0. The first-order valence-electron chi connectivity index (χ1n) is 10.6. The highest BCUT2D eigenvalue weighted by Gasteiger charge is 2.16. The summed E-state index contributed by atoms with van der Waals surface area (Å²) in [6, 6.07) is 23.0. The quantitative estimate of drug-likeness (QED) is 0.641. The molecule has 158 valence electrons. The number of hydrogen-bond donors (Lipinski definition) is 2. The van der Waals surface area contributed by atoms with E-state index in [0.29, 0.717) is 23.4 Å². The predicted molar refractivity (Wildman–Crippen MR) is 123 cm³/mol. The summed E-state index contributed by atoms with van der Waals surface area (Å²) in [5, 5.41) is 5.92. The third kappa shape index (κ3) is 5.19. The Morgan fingerprint density at radius 2 is 1.61 bits per heavy atom. The highest BCUT2D eigenvalue weighted by molar-refractivity contribution is 6.05. The molecule has 4 rings (SSSR count). The van der Waals surface area contributed by atoms with Gasteiger partial charge in [0.15, 0.2) is 0 Å². The number of fused-ring (bicyclic) bond motifs is 1. The first-order chi connectivity index (χ1) is 15.1. The summed E-state index contributed by atoms with van der Waals surface area (Å²) >= 11 is 0. The van der Waals surface area contributed by atoms with E-state index >= 15 is 0 Å². The van der Waals surface area contributed by atoms with Crippen LogP contribution in [0.3, 0.4) is 0 Å². The van der Waals surface area contributed by atoms with Crippen LogP contribution in [0, 0.1) is 6.92 Å². The molecule has 0 saturated heterocycles. The van der Waals surface area contributed by atoms with Gasteiger partial charge in [0.05, 0.1) is 0 Å². The number of benzene rings is 3. The summed E-state index contributed by atoms with van der Waals surface area (Å²) in [5.74, 6) is -0.320. The normalized spacial score (nSPS) is 13.3. The molecule has 0 atom stereocenters. The molecule has 0 spiro atoms. The van der Waals surface area contributed by atoms with Crippen molar-refractivity contribution in [3.05, 3.63) is 101 Å². The number of carbonyl (C=O) groups excluding carboxylic acids is 2. The van der Waals surface area contributed by atoms with E-state index in [-0.39, 0.29) is 11.8 Å². The van der Waals surface area contributed by atoms with Gasteiger partial charge in [0.2, 0.25) is 0 Å². The number of anilines is 1. The molecule has 0 fully saturated rings. The zero-order valence-corrected chi connectivity index (χ0v) is 17.7. The third-order valence-corrected chi connectivity index (χ3v) is 5.71. The molecule has 1 aliphatic rings. The Balaban J connectivity index is 1.33. The van der Waals surface area contributed by atoms with Crippen LogP contribution in [0.25, 0.3) is 0 Å². The largest absolute Gasteiger partial charge is 0.351 e. The summed E-state index contributed by atoms with van der Waals surface area (Å²) in [6.07, 6.45) is 1.05. The molecule has 0 unspecified atom stereocenters. The van der Waals surface area contributed by atoms with Crippen molar-refractivity contribution >= 4 is 17.5 Å². The van der Waals surface area contributed by atoms with Crippen molar-refractivity contribution in [3.63, 3.8) is 0 Å². The molecule has 0 aliphatic carbocycles. The van der Waals surface area contributed by atoms with Crippen LogP contribution in [0.1, 0.15) is 37.4 Å². The minimum absolute atomic E-state index is 0.132. The van der Waals surface area contributed by atoms with Crippen molar-refractivity contribution in [2.24, 2.45) is 0 Å². The van der Waals surface area contributed by atoms with Crippen molar-refractivity contribution in [1.29, 1.82) is 0 Å². The van der Waals surface area contributed by atoms with Crippen molar-refractivity contribution in [1.82, 2.24) is 10.2 Å². The molecule has 1 aliphatic heterocycles. The SMILES string of the molecule is Cc1ccc(C(=O)NCCN2CCc3ccccc3C2)cc1NC(=O)c1ccccc1. The number of carbonyl (C=O) groups is 2. The molecule has 0 bridgehead atoms. The Morgan fingerprint density at radius 3 is 2.42 bits per heavy atom. The van der Waals surface area contributed by atoms with E-state index in [2.05, 4.69) is 39.8 Å². The first-order valence-corrected chi connectivity index (χ1v) is 10.6. The highest BCUT2D eigenvalue weighted by Crippen LogP contribution is 2.19. The molecule has 2 N–H and O–H groups in total. The fraction of sp³-hybridized carbons (Fsp3) is 0.231. The van der Waals surface area contributed by atoms with Gasteiger partial charge < -0.3 is 10.6 Å². The molecule has 0 aromatic heterocycles. The summed E-state index contributed by atoms with van der Waals surface area (Å²) < 4.78 is 0. The van der Waals surface area contributed by atoms with Crippen LogP contribution in [0.4, 0.5) is 5.69 Å². The smallest absolute Gasteiger partial charge is 0.255 e.